The molecule has 0 bridgehead atoms. The second-order valence-electron chi connectivity index (χ2n) is 7.93. The Morgan fingerprint density at radius 3 is 2.47 bits per heavy atom. The largest absolute Gasteiger partial charge is 0.494 e. The predicted molar refractivity (Wildman–Crippen MR) is 114 cm³/mol. The van der Waals surface area contributed by atoms with Gasteiger partial charge in [-0.3, -0.25) is 19.5 Å². The van der Waals surface area contributed by atoms with Crippen molar-refractivity contribution in [2.45, 2.75) is 33.2 Å². The van der Waals surface area contributed by atoms with E-state index in [1.807, 2.05) is 43.3 Å². The van der Waals surface area contributed by atoms with Gasteiger partial charge >= 0.3 is 0 Å². The fourth-order valence-electron chi connectivity index (χ4n) is 4.21. The van der Waals surface area contributed by atoms with E-state index < -0.39 is 0 Å². The minimum absolute atomic E-state index is 0.213. The molecule has 0 N–H and O–H groups in total. The second kappa shape index (κ2) is 8.69. The first-order valence-corrected chi connectivity index (χ1v) is 10.6. The Kier molecular flexibility index (Phi) is 5.84. The van der Waals surface area contributed by atoms with Crippen molar-refractivity contribution in [3.8, 4) is 5.75 Å². The van der Waals surface area contributed by atoms with Gasteiger partial charge < -0.3 is 9.64 Å². The van der Waals surface area contributed by atoms with Gasteiger partial charge in [-0.25, -0.2) is 0 Å². The van der Waals surface area contributed by atoms with Gasteiger partial charge in [0.25, 0.3) is 11.8 Å². The first-order valence-electron chi connectivity index (χ1n) is 10.6. The number of ether oxygens (including phenoxy) is 1. The first kappa shape index (κ1) is 20.1. The zero-order valence-electron chi connectivity index (χ0n) is 17.5. The number of pyridine rings is 1. The normalized spacial score (nSPS) is 19.6. The molecule has 0 spiro atoms. The van der Waals surface area contributed by atoms with Gasteiger partial charge in [0.05, 0.1) is 18.7 Å². The number of piperidine rings is 1. The van der Waals surface area contributed by atoms with Gasteiger partial charge in [-0.05, 0) is 61.1 Å². The summed E-state index contributed by atoms with van der Waals surface area (Å²) in [5.74, 6) is 0.786. The maximum Gasteiger partial charge on any atom is 0.278 e. The van der Waals surface area contributed by atoms with Gasteiger partial charge in [0.2, 0.25) is 0 Å². The summed E-state index contributed by atoms with van der Waals surface area (Å²) in [6.07, 6.45) is 5.51. The number of imide groups is 1. The minimum atomic E-state index is -0.241. The van der Waals surface area contributed by atoms with Crippen LogP contribution < -0.4 is 4.74 Å². The second-order valence-corrected chi connectivity index (χ2v) is 7.93. The number of aromatic nitrogens is 1. The number of carbonyl (C=O) groups excluding carboxylic acids is 2. The topological polar surface area (TPSA) is 62.7 Å². The lowest BCUT2D eigenvalue weighted by atomic mass is 9.97. The average Bonchev–Trinajstić information content (AvgIpc) is 3.00. The van der Waals surface area contributed by atoms with Crippen LogP contribution in [-0.2, 0) is 16.1 Å². The summed E-state index contributed by atoms with van der Waals surface area (Å²) >= 11 is 0. The lowest BCUT2D eigenvalue weighted by Gasteiger charge is -2.33. The maximum atomic E-state index is 13.4. The summed E-state index contributed by atoms with van der Waals surface area (Å²) in [4.78, 5) is 34.4. The third-order valence-electron chi connectivity index (χ3n) is 5.66. The molecule has 4 rings (SSSR count). The van der Waals surface area contributed by atoms with E-state index in [1.165, 1.54) is 4.90 Å². The Bertz CT molecular complexity index is 953. The van der Waals surface area contributed by atoms with Gasteiger partial charge in [-0.1, -0.05) is 19.1 Å². The Morgan fingerprint density at radius 1 is 1.07 bits per heavy atom. The van der Waals surface area contributed by atoms with Gasteiger partial charge in [0.15, 0.2) is 0 Å². The van der Waals surface area contributed by atoms with Crippen molar-refractivity contribution >= 4 is 17.4 Å². The van der Waals surface area contributed by atoms with Crippen LogP contribution in [0.1, 0.15) is 37.8 Å². The fraction of sp³-hybridized carbons (Fsp3) is 0.375. The van der Waals surface area contributed by atoms with E-state index >= 15 is 0 Å². The number of rotatable bonds is 6. The van der Waals surface area contributed by atoms with Crippen LogP contribution in [0.2, 0.25) is 0 Å². The zero-order chi connectivity index (χ0) is 21.1. The lowest BCUT2D eigenvalue weighted by Crippen LogP contribution is -2.39. The highest BCUT2D eigenvalue weighted by Gasteiger charge is 2.42. The third kappa shape index (κ3) is 3.95. The molecule has 1 atom stereocenters. The molecule has 3 heterocycles. The van der Waals surface area contributed by atoms with E-state index in [1.54, 1.807) is 12.4 Å². The van der Waals surface area contributed by atoms with E-state index in [4.69, 9.17) is 4.74 Å². The number of hydrogen-bond donors (Lipinski definition) is 0. The Labute approximate surface area is 177 Å². The average molecular weight is 405 g/mol. The molecule has 30 heavy (non-hydrogen) atoms. The molecule has 2 amide bonds. The third-order valence-corrected chi connectivity index (χ3v) is 5.66. The van der Waals surface area contributed by atoms with Crippen LogP contribution in [0.3, 0.4) is 0 Å². The molecule has 1 fully saturated rings. The highest BCUT2D eigenvalue weighted by atomic mass is 16.5. The lowest BCUT2D eigenvalue weighted by molar-refractivity contribution is -0.138. The molecule has 2 aliphatic rings. The van der Waals surface area contributed by atoms with Crippen molar-refractivity contribution in [3.05, 3.63) is 65.6 Å². The summed E-state index contributed by atoms with van der Waals surface area (Å²) in [6.45, 7) is 6.53. The molecular formula is C24H27N3O3. The van der Waals surface area contributed by atoms with Crippen molar-refractivity contribution < 1.29 is 14.3 Å². The van der Waals surface area contributed by atoms with Crippen LogP contribution >= 0.6 is 0 Å². The molecule has 156 valence electrons. The number of nitrogens with zero attached hydrogens (tertiary/aromatic N) is 3. The highest BCUT2D eigenvalue weighted by molar-refractivity contribution is 6.35. The number of benzene rings is 1. The van der Waals surface area contributed by atoms with Crippen LogP contribution in [-0.4, -0.2) is 46.3 Å². The highest BCUT2D eigenvalue weighted by Crippen LogP contribution is 2.35. The fourth-order valence-corrected chi connectivity index (χ4v) is 4.21. The molecule has 1 aromatic carbocycles. The SMILES string of the molecule is CCOc1ccc(C2=C(N3CCCC(C)C3)C(=O)N(Cc3ccncc3)C2=O)cc1. The van der Waals surface area contributed by atoms with Gasteiger partial charge in [-0.2, -0.15) is 0 Å². The predicted octanol–water partition coefficient (Wildman–Crippen LogP) is 3.49. The molecule has 1 saturated heterocycles. The molecular weight excluding hydrogens is 378 g/mol. The number of likely N-dealkylation sites (tertiary alicyclic amines) is 1. The Hall–Kier alpha value is -3.15. The minimum Gasteiger partial charge on any atom is -0.494 e. The van der Waals surface area contributed by atoms with Gasteiger partial charge in [0, 0.05) is 25.5 Å². The van der Waals surface area contributed by atoms with Gasteiger partial charge in [0.1, 0.15) is 11.4 Å². The molecule has 0 radical (unpaired) electrons. The van der Waals surface area contributed by atoms with Gasteiger partial charge in [-0.15, -0.1) is 0 Å². The standard InChI is InChI=1S/C24H27N3O3/c1-3-30-20-8-6-19(7-9-20)21-22(26-14-4-5-17(2)15-26)24(29)27(23(21)28)16-18-10-12-25-13-11-18/h6-13,17H,3-5,14-16H2,1-2H3. The van der Waals surface area contributed by atoms with Crippen molar-refractivity contribution in [3.63, 3.8) is 0 Å². The molecule has 0 aliphatic carbocycles. The first-order chi connectivity index (χ1) is 14.6. The Balaban J connectivity index is 1.72. The van der Waals surface area contributed by atoms with E-state index in [-0.39, 0.29) is 18.4 Å². The van der Waals surface area contributed by atoms with Crippen LogP contribution in [0.4, 0.5) is 0 Å². The number of carbonyl (C=O) groups is 2. The van der Waals surface area contributed by atoms with E-state index in [0.29, 0.717) is 23.8 Å². The zero-order valence-corrected chi connectivity index (χ0v) is 17.5. The molecule has 6 heteroatoms. The van der Waals surface area contributed by atoms with E-state index in [2.05, 4.69) is 16.8 Å². The molecule has 2 aromatic rings. The molecule has 0 saturated carbocycles. The van der Waals surface area contributed by atoms with E-state index in [0.717, 1.165) is 42.8 Å². The summed E-state index contributed by atoms with van der Waals surface area (Å²) in [7, 11) is 0. The molecule has 1 aromatic heterocycles. The van der Waals surface area contributed by atoms with E-state index in [9.17, 15) is 9.59 Å². The van der Waals surface area contributed by atoms with Crippen molar-refractivity contribution in [2.24, 2.45) is 5.92 Å². The molecule has 1 unspecified atom stereocenters. The van der Waals surface area contributed by atoms with Crippen LogP contribution in [0.25, 0.3) is 5.57 Å². The van der Waals surface area contributed by atoms with Crippen molar-refractivity contribution in [1.82, 2.24) is 14.8 Å². The Morgan fingerprint density at radius 2 is 1.80 bits per heavy atom. The monoisotopic (exact) mass is 405 g/mol. The van der Waals surface area contributed by atoms with Crippen LogP contribution in [0.15, 0.2) is 54.5 Å². The summed E-state index contributed by atoms with van der Waals surface area (Å²) in [5.41, 5.74) is 2.66. The van der Waals surface area contributed by atoms with Crippen LogP contribution in [0.5, 0.6) is 5.75 Å². The summed E-state index contributed by atoms with van der Waals surface area (Å²) in [5, 5.41) is 0. The quantitative estimate of drug-likeness (QED) is 0.689. The molecule has 2 aliphatic heterocycles. The van der Waals surface area contributed by atoms with Crippen molar-refractivity contribution in [2.75, 3.05) is 19.7 Å². The summed E-state index contributed by atoms with van der Waals surface area (Å²) in [6, 6.07) is 11.1. The van der Waals surface area contributed by atoms with Crippen molar-refractivity contribution in [1.29, 1.82) is 0 Å². The maximum absolute atomic E-state index is 13.4. The molecule has 6 nitrogen and oxygen atoms in total. The number of amides is 2. The van der Waals surface area contributed by atoms with Crippen LogP contribution in [0, 0.1) is 5.92 Å². The number of hydrogen-bond acceptors (Lipinski definition) is 5. The smallest absolute Gasteiger partial charge is 0.278 e. The summed E-state index contributed by atoms with van der Waals surface area (Å²) < 4.78 is 5.53.